The summed E-state index contributed by atoms with van der Waals surface area (Å²) in [7, 11) is 0. The van der Waals surface area contributed by atoms with Crippen LogP contribution in [-0.2, 0) is 38.4 Å². The lowest BCUT2D eigenvalue weighted by Crippen LogP contribution is -2.65. The van der Waals surface area contributed by atoms with Crippen LogP contribution in [0.1, 0.15) is 38.5 Å². The van der Waals surface area contributed by atoms with Gasteiger partial charge in [-0.3, -0.25) is 38.4 Å². The Morgan fingerprint density at radius 2 is 0.929 bits per heavy atom. The van der Waals surface area contributed by atoms with E-state index < -0.39 is 121 Å². The summed E-state index contributed by atoms with van der Waals surface area (Å²) in [6.07, 6.45) is -2.59. The van der Waals surface area contributed by atoms with Gasteiger partial charge in [-0.1, -0.05) is 0 Å². The zero-order valence-electron chi connectivity index (χ0n) is 22.3. The molecule has 0 unspecified atom stereocenters. The number of carboxylic acids is 4. The van der Waals surface area contributed by atoms with E-state index in [4.69, 9.17) is 31.9 Å². The van der Waals surface area contributed by atoms with E-state index in [0.717, 1.165) is 0 Å². The van der Waals surface area contributed by atoms with Crippen LogP contribution < -0.4 is 32.7 Å². The van der Waals surface area contributed by atoms with E-state index in [-0.39, 0.29) is 12.8 Å². The Kier molecular flexibility index (Phi) is 16.5. The maximum atomic E-state index is 13.1. The first-order valence-electron chi connectivity index (χ1n) is 12.3. The summed E-state index contributed by atoms with van der Waals surface area (Å²) in [4.78, 5) is 95.7. The smallest absolute Gasteiger partial charge is 0.322 e. The number of hydrogen-bond donors (Lipinski definition) is 12. The van der Waals surface area contributed by atoms with Crippen LogP contribution in [0.15, 0.2) is 0 Å². The molecule has 0 aromatic heterocycles. The lowest BCUT2D eigenvalue weighted by atomic mass is 9.84. The third kappa shape index (κ3) is 12.9. The second kappa shape index (κ2) is 18.0. The lowest BCUT2D eigenvalue weighted by molar-refractivity contribution is -0.141. The van der Waals surface area contributed by atoms with Crippen LogP contribution in [0.3, 0.4) is 0 Å². The topological polar surface area (TPSA) is 318 Å². The van der Waals surface area contributed by atoms with Crippen LogP contribution >= 0.6 is 25.3 Å². The minimum Gasteiger partial charge on any atom is -0.480 e. The number of thiol groups is 2. The molecular weight excluding hydrogens is 604 g/mol. The van der Waals surface area contributed by atoms with E-state index >= 15 is 0 Å². The van der Waals surface area contributed by atoms with Gasteiger partial charge in [0.15, 0.2) is 0 Å². The quantitative estimate of drug-likeness (QED) is 0.0534. The molecule has 0 fully saturated rings. The number of carboxylic acid groups (broad SMARTS) is 4. The summed E-state index contributed by atoms with van der Waals surface area (Å²) in [5.74, 6) is -10.4. The molecule has 0 aliphatic heterocycles. The highest BCUT2D eigenvalue weighted by Gasteiger charge is 2.45. The van der Waals surface area contributed by atoms with E-state index in [1.807, 2.05) is 0 Å². The average molecular weight is 641 g/mol. The molecule has 0 heterocycles. The molecule has 12 N–H and O–H groups in total. The predicted octanol–water partition coefficient (Wildman–Crippen LogP) is -3.88. The first-order chi connectivity index (χ1) is 19.4. The first kappa shape index (κ1) is 38.4. The molecule has 0 bridgehead atoms. The molecule has 42 heavy (non-hydrogen) atoms. The SMILES string of the molecule is N[C@@H](CCC(=O)N[C@@](CS)(CC[C@](CS)(NC(=O)CC[C@H](N)C(=O)O)C(=O)NCC(=O)O)C(=O)NCC(=O)O)C(=O)O. The van der Waals surface area contributed by atoms with Gasteiger partial charge < -0.3 is 53.2 Å². The van der Waals surface area contributed by atoms with E-state index in [2.05, 4.69) is 46.5 Å². The number of hydrogen-bond acceptors (Lipinski definition) is 12. The van der Waals surface area contributed by atoms with Crippen LogP contribution in [-0.4, -0.2) is 116 Å². The summed E-state index contributed by atoms with van der Waals surface area (Å²) in [6.45, 7) is -1.74. The Morgan fingerprint density at radius 3 is 1.17 bits per heavy atom. The predicted molar refractivity (Wildman–Crippen MR) is 150 cm³/mol. The van der Waals surface area contributed by atoms with Gasteiger partial charge in [0.05, 0.1) is 0 Å². The molecule has 0 aliphatic rings. The van der Waals surface area contributed by atoms with Crippen molar-refractivity contribution in [3.05, 3.63) is 0 Å². The largest absolute Gasteiger partial charge is 0.480 e. The molecule has 4 atom stereocenters. The van der Waals surface area contributed by atoms with Crippen LogP contribution in [0, 0.1) is 0 Å². The molecule has 20 heteroatoms. The van der Waals surface area contributed by atoms with E-state index in [0.29, 0.717) is 0 Å². The van der Waals surface area contributed by atoms with Gasteiger partial charge in [-0.15, -0.1) is 0 Å². The highest BCUT2D eigenvalue weighted by molar-refractivity contribution is 7.80. The standard InChI is InChI=1S/C22H36N6O12S2/c23-11(17(35)36)1-3-13(29)27-21(9-41,19(39)25-7-15(31)32)5-6-22(10-42,20(40)26-8-16(33)34)28-14(30)4-2-12(24)18(37)38/h11-12,41-42H,1-10,23-24H2,(H,25,39)(H,26,40)(H,27,29)(H,28,30)(H,31,32)(H,33,34)(H,35,36)(H,37,38)/t11-,12-,21+,22+/m0/s1. The van der Waals surface area contributed by atoms with Gasteiger partial charge >= 0.3 is 23.9 Å². The molecule has 0 aliphatic carbocycles. The van der Waals surface area contributed by atoms with Gasteiger partial charge in [-0.05, 0) is 25.7 Å². The minimum absolute atomic E-state index is 0.326. The average Bonchev–Trinajstić information content (AvgIpc) is 2.92. The van der Waals surface area contributed by atoms with Crippen LogP contribution in [0.25, 0.3) is 0 Å². The molecule has 0 aromatic carbocycles. The molecule has 0 aromatic rings. The van der Waals surface area contributed by atoms with Gasteiger partial charge in [-0.2, -0.15) is 25.3 Å². The van der Waals surface area contributed by atoms with Crippen molar-refractivity contribution in [2.75, 3.05) is 24.6 Å². The number of aliphatic carboxylic acids is 4. The van der Waals surface area contributed by atoms with E-state index in [1.165, 1.54) is 0 Å². The highest BCUT2D eigenvalue weighted by Crippen LogP contribution is 2.25. The third-order valence-corrected chi connectivity index (χ3v) is 7.02. The van der Waals surface area contributed by atoms with E-state index in [9.17, 15) is 38.4 Å². The maximum absolute atomic E-state index is 13.1. The first-order valence-corrected chi connectivity index (χ1v) is 13.5. The molecule has 0 saturated heterocycles. The van der Waals surface area contributed by atoms with Crippen LogP contribution in [0.5, 0.6) is 0 Å². The Morgan fingerprint density at radius 1 is 0.619 bits per heavy atom. The summed E-state index contributed by atoms with van der Waals surface area (Å²) < 4.78 is 0. The molecule has 0 rings (SSSR count). The number of nitrogens with one attached hydrogen (secondary N) is 4. The molecule has 0 saturated carbocycles. The Bertz CT molecular complexity index is 967. The van der Waals surface area contributed by atoms with Crippen molar-refractivity contribution >= 4 is 72.8 Å². The van der Waals surface area contributed by atoms with Gasteiger partial charge in [0.2, 0.25) is 23.6 Å². The number of rotatable bonds is 21. The van der Waals surface area contributed by atoms with Gasteiger partial charge in [0.1, 0.15) is 36.3 Å². The fourth-order valence-corrected chi connectivity index (χ4v) is 4.16. The number of nitrogens with two attached hydrogens (primary N) is 2. The second-order valence-electron chi connectivity index (χ2n) is 9.20. The molecule has 4 amide bonds. The van der Waals surface area contributed by atoms with Crippen molar-refractivity contribution in [3.63, 3.8) is 0 Å². The monoisotopic (exact) mass is 640 g/mol. The van der Waals surface area contributed by atoms with E-state index in [1.54, 1.807) is 0 Å². The second-order valence-corrected chi connectivity index (χ2v) is 9.83. The molecule has 238 valence electrons. The fourth-order valence-electron chi connectivity index (χ4n) is 3.40. The number of carbonyl (C=O) groups is 8. The third-order valence-electron chi connectivity index (χ3n) is 5.94. The van der Waals surface area contributed by atoms with Crippen molar-refractivity contribution in [1.82, 2.24) is 21.3 Å². The minimum atomic E-state index is -2.03. The van der Waals surface area contributed by atoms with Crippen molar-refractivity contribution in [2.45, 2.75) is 61.7 Å². The van der Waals surface area contributed by atoms with Gasteiger partial charge in [0.25, 0.3) is 0 Å². The number of amides is 4. The summed E-state index contributed by atoms with van der Waals surface area (Å²) in [6, 6.07) is -2.80. The molecule has 18 nitrogen and oxygen atoms in total. The molecule has 0 spiro atoms. The van der Waals surface area contributed by atoms with Crippen molar-refractivity contribution in [3.8, 4) is 0 Å². The van der Waals surface area contributed by atoms with Crippen molar-refractivity contribution in [2.24, 2.45) is 11.5 Å². The van der Waals surface area contributed by atoms with Crippen molar-refractivity contribution in [1.29, 1.82) is 0 Å². The van der Waals surface area contributed by atoms with Crippen LogP contribution in [0.4, 0.5) is 0 Å². The van der Waals surface area contributed by atoms with Gasteiger partial charge in [0, 0.05) is 24.3 Å². The van der Waals surface area contributed by atoms with Crippen LogP contribution in [0.2, 0.25) is 0 Å². The summed E-state index contributed by atoms with van der Waals surface area (Å²) in [5, 5.41) is 44.8. The fraction of sp³-hybridized carbons (Fsp3) is 0.636. The molecular formula is C22H36N6O12S2. The lowest BCUT2D eigenvalue weighted by Gasteiger charge is -2.37. The normalized spacial score (nSPS) is 15.0. The highest BCUT2D eigenvalue weighted by atomic mass is 32.1. The Hall–Kier alpha value is -3.62. The summed E-state index contributed by atoms with van der Waals surface area (Å²) in [5.41, 5.74) is 6.77. The maximum Gasteiger partial charge on any atom is 0.322 e. The zero-order chi connectivity index (χ0) is 32.7. The Balaban J connectivity index is 6.29. The Labute approximate surface area is 250 Å². The van der Waals surface area contributed by atoms with Gasteiger partial charge in [-0.25, -0.2) is 0 Å². The van der Waals surface area contributed by atoms with Crippen molar-refractivity contribution < 1.29 is 58.8 Å². The summed E-state index contributed by atoms with van der Waals surface area (Å²) >= 11 is 8.26. The number of carbonyl (C=O) groups excluding carboxylic acids is 4. The zero-order valence-corrected chi connectivity index (χ0v) is 24.1. The molecule has 0 radical (unpaired) electrons.